The van der Waals surface area contributed by atoms with Gasteiger partial charge in [0.15, 0.2) is 0 Å². The van der Waals surface area contributed by atoms with Crippen LogP contribution in [0.2, 0.25) is 0 Å². The Morgan fingerprint density at radius 1 is 1.19 bits per heavy atom. The van der Waals surface area contributed by atoms with Crippen molar-refractivity contribution in [2.45, 2.75) is 38.8 Å². The van der Waals surface area contributed by atoms with Gasteiger partial charge in [-0.25, -0.2) is 14.8 Å². The number of rotatable bonds is 4. The molecule has 0 bridgehead atoms. The normalized spacial score (nSPS) is 12.4. The van der Waals surface area contributed by atoms with Crippen molar-refractivity contribution in [1.29, 1.82) is 0 Å². The molecule has 0 fully saturated rings. The van der Waals surface area contributed by atoms with Gasteiger partial charge in [0.25, 0.3) is 0 Å². The molecule has 0 aliphatic heterocycles. The molecule has 6 nitrogen and oxygen atoms in total. The van der Waals surface area contributed by atoms with Crippen molar-refractivity contribution in [3.05, 3.63) is 30.1 Å². The molecule has 0 spiro atoms. The quantitative estimate of drug-likeness (QED) is 0.799. The SMILES string of the molecule is CC(C)(O)C(C)(C)Nc1ncnc2cc(C(=O)O)ccc12. The minimum atomic E-state index is -0.998. The smallest absolute Gasteiger partial charge is 0.335 e. The largest absolute Gasteiger partial charge is 0.478 e. The van der Waals surface area contributed by atoms with Crippen LogP contribution in [-0.2, 0) is 0 Å². The summed E-state index contributed by atoms with van der Waals surface area (Å²) in [6, 6.07) is 4.68. The van der Waals surface area contributed by atoms with Crippen LogP contribution in [0.1, 0.15) is 38.1 Å². The fraction of sp³-hybridized carbons (Fsp3) is 0.400. The van der Waals surface area contributed by atoms with Gasteiger partial charge in [0, 0.05) is 5.39 Å². The van der Waals surface area contributed by atoms with E-state index in [2.05, 4.69) is 15.3 Å². The van der Waals surface area contributed by atoms with Crippen LogP contribution in [0.5, 0.6) is 0 Å². The van der Waals surface area contributed by atoms with E-state index in [0.29, 0.717) is 16.7 Å². The summed E-state index contributed by atoms with van der Waals surface area (Å²) in [5.74, 6) is -0.439. The Hall–Kier alpha value is -2.21. The Morgan fingerprint density at radius 2 is 1.86 bits per heavy atom. The number of carboxylic acids is 1. The van der Waals surface area contributed by atoms with E-state index < -0.39 is 17.1 Å². The zero-order chi connectivity index (χ0) is 15.8. The average Bonchev–Trinajstić information content (AvgIpc) is 2.36. The average molecular weight is 289 g/mol. The van der Waals surface area contributed by atoms with E-state index in [0.717, 1.165) is 0 Å². The molecule has 3 N–H and O–H groups in total. The molecule has 6 heteroatoms. The highest BCUT2D eigenvalue weighted by Crippen LogP contribution is 2.28. The van der Waals surface area contributed by atoms with Crippen molar-refractivity contribution < 1.29 is 15.0 Å². The van der Waals surface area contributed by atoms with Crippen LogP contribution < -0.4 is 5.32 Å². The van der Waals surface area contributed by atoms with Crippen molar-refractivity contribution in [1.82, 2.24) is 9.97 Å². The monoisotopic (exact) mass is 289 g/mol. The first kappa shape index (κ1) is 15.2. The number of hydrogen-bond acceptors (Lipinski definition) is 5. The van der Waals surface area contributed by atoms with E-state index in [1.807, 2.05) is 13.8 Å². The zero-order valence-corrected chi connectivity index (χ0v) is 12.5. The number of carbonyl (C=O) groups is 1. The Morgan fingerprint density at radius 3 is 2.43 bits per heavy atom. The maximum atomic E-state index is 11.0. The van der Waals surface area contributed by atoms with Crippen LogP contribution in [-0.4, -0.2) is 37.3 Å². The van der Waals surface area contributed by atoms with Gasteiger partial charge in [-0.3, -0.25) is 0 Å². The minimum Gasteiger partial charge on any atom is -0.478 e. The summed E-state index contributed by atoms with van der Waals surface area (Å²) < 4.78 is 0. The highest BCUT2D eigenvalue weighted by molar-refractivity contribution is 5.96. The first-order valence-electron chi connectivity index (χ1n) is 6.60. The van der Waals surface area contributed by atoms with Gasteiger partial charge >= 0.3 is 5.97 Å². The van der Waals surface area contributed by atoms with Crippen molar-refractivity contribution in [2.75, 3.05) is 5.32 Å². The number of benzene rings is 1. The molecule has 0 amide bonds. The number of fused-ring (bicyclic) bond motifs is 1. The topological polar surface area (TPSA) is 95.3 Å². The summed E-state index contributed by atoms with van der Waals surface area (Å²) in [6.45, 7) is 7.16. The van der Waals surface area contributed by atoms with E-state index >= 15 is 0 Å². The molecular formula is C15H19N3O3. The maximum Gasteiger partial charge on any atom is 0.335 e. The number of nitrogens with one attached hydrogen (secondary N) is 1. The van der Waals surface area contributed by atoms with Crippen LogP contribution in [0.25, 0.3) is 10.9 Å². The predicted octanol–water partition coefficient (Wildman–Crippen LogP) is 2.29. The van der Waals surface area contributed by atoms with Gasteiger partial charge in [0.05, 0.1) is 22.2 Å². The molecule has 1 heterocycles. The second-order valence-corrected chi connectivity index (χ2v) is 6.07. The van der Waals surface area contributed by atoms with E-state index in [-0.39, 0.29) is 5.56 Å². The molecule has 21 heavy (non-hydrogen) atoms. The van der Waals surface area contributed by atoms with Crippen LogP contribution in [0.4, 0.5) is 5.82 Å². The fourth-order valence-electron chi connectivity index (χ4n) is 1.74. The van der Waals surface area contributed by atoms with E-state index in [9.17, 15) is 9.90 Å². The summed E-state index contributed by atoms with van der Waals surface area (Å²) in [6.07, 6.45) is 1.37. The van der Waals surface area contributed by atoms with Gasteiger partial charge in [0.1, 0.15) is 12.1 Å². The molecule has 112 valence electrons. The summed E-state index contributed by atoms with van der Waals surface area (Å²) in [7, 11) is 0. The maximum absolute atomic E-state index is 11.0. The molecule has 0 unspecified atom stereocenters. The molecule has 1 aromatic heterocycles. The minimum absolute atomic E-state index is 0.175. The Bertz CT molecular complexity index is 690. The zero-order valence-electron chi connectivity index (χ0n) is 12.5. The second-order valence-electron chi connectivity index (χ2n) is 6.07. The summed E-state index contributed by atoms with van der Waals surface area (Å²) in [5.41, 5.74) is -0.877. The molecule has 0 aliphatic rings. The number of aliphatic hydroxyl groups is 1. The van der Waals surface area contributed by atoms with Crippen molar-refractivity contribution >= 4 is 22.7 Å². The lowest BCUT2D eigenvalue weighted by molar-refractivity contribution is 0.0239. The standard InChI is InChI=1S/C15H19N3O3/c1-14(2,15(3,4)21)18-12-10-6-5-9(13(19)20)7-11(10)16-8-17-12/h5-8,21H,1-4H3,(H,19,20)(H,16,17,18). The third kappa shape index (κ3) is 2.95. The Balaban J connectivity index is 2.49. The second kappa shape index (κ2) is 4.96. The van der Waals surface area contributed by atoms with Crippen molar-refractivity contribution in [2.24, 2.45) is 0 Å². The first-order valence-corrected chi connectivity index (χ1v) is 6.60. The van der Waals surface area contributed by atoms with Gasteiger partial charge in [-0.15, -0.1) is 0 Å². The van der Waals surface area contributed by atoms with Crippen LogP contribution in [0.15, 0.2) is 24.5 Å². The molecule has 0 atom stereocenters. The Kier molecular flexibility index (Phi) is 3.59. The third-order valence-electron chi connectivity index (χ3n) is 3.84. The highest BCUT2D eigenvalue weighted by Gasteiger charge is 2.35. The molecule has 0 saturated heterocycles. The van der Waals surface area contributed by atoms with Crippen molar-refractivity contribution in [3.8, 4) is 0 Å². The van der Waals surface area contributed by atoms with Gasteiger partial charge in [-0.2, -0.15) is 0 Å². The van der Waals surface area contributed by atoms with E-state index in [1.54, 1.807) is 19.9 Å². The molecule has 2 aromatic rings. The summed E-state index contributed by atoms with van der Waals surface area (Å²) in [5, 5.41) is 23.1. The van der Waals surface area contributed by atoms with E-state index in [4.69, 9.17) is 5.11 Å². The lowest BCUT2D eigenvalue weighted by Gasteiger charge is -2.38. The number of aromatic nitrogens is 2. The lowest BCUT2D eigenvalue weighted by Crippen LogP contribution is -2.51. The number of anilines is 1. The molecule has 0 radical (unpaired) electrons. The molecular weight excluding hydrogens is 270 g/mol. The number of hydrogen-bond donors (Lipinski definition) is 3. The van der Waals surface area contributed by atoms with Gasteiger partial charge in [0.2, 0.25) is 0 Å². The number of nitrogens with zero attached hydrogens (tertiary/aromatic N) is 2. The van der Waals surface area contributed by atoms with Gasteiger partial charge in [-0.05, 0) is 45.9 Å². The third-order valence-corrected chi connectivity index (χ3v) is 3.84. The lowest BCUT2D eigenvalue weighted by atomic mass is 9.86. The number of carboxylic acid groups (broad SMARTS) is 1. The van der Waals surface area contributed by atoms with Gasteiger partial charge < -0.3 is 15.5 Å². The molecule has 1 aromatic carbocycles. The number of aromatic carboxylic acids is 1. The van der Waals surface area contributed by atoms with Crippen LogP contribution in [0.3, 0.4) is 0 Å². The molecule has 2 rings (SSSR count). The first-order chi connectivity index (χ1) is 9.62. The van der Waals surface area contributed by atoms with Crippen molar-refractivity contribution in [3.63, 3.8) is 0 Å². The van der Waals surface area contributed by atoms with Crippen LogP contribution >= 0.6 is 0 Å². The Labute approximate surface area is 122 Å². The summed E-state index contributed by atoms with van der Waals surface area (Å²) in [4.78, 5) is 19.3. The van der Waals surface area contributed by atoms with Crippen LogP contribution in [0, 0.1) is 0 Å². The predicted molar refractivity (Wildman–Crippen MR) is 80.5 cm³/mol. The highest BCUT2D eigenvalue weighted by atomic mass is 16.4. The van der Waals surface area contributed by atoms with E-state index in [1.165, 1.54) is 18.5 Å². The molecule has 0 saturated carbocycles. The van der Waals surface area contributed by atoms with Gasteiger partial charge in [-0.1, -0.05) is 0 Å². The molecule has 0 aliphatic carbocycles. The fourth-order valence-corrected chi connectivity index (χ4v) is 1.74. The summed E-state index contributed by atoms with van der Waals surface area (Å²) >= 11 is 0.